The topological polar surface area (TPSA) is 46.2 Å². The summed E-state index contributed by atoms with van der Waals surface area (Å²) in [7, 11) is 0. The SMILES string of the molecule is O=C1NC(=O)C2(CC2)c2ccc(Cl)cc21. The number of hydrogen-bond acceptors (Lipinski definition) is 2. The summed E-state index contributed by atoms with van der Waals surface area (Å²) in [5.41, 5.74) is 0.939. The molecule has 0 saturated heterocycles. The maximum Gasteiger partial charge on any atom is 0.258 e. The Morgan fingerprint density at radius 1 is 1.27 bits per heavy atom. The van der Waals surface area contributed by atoms with Crippen LogP contribution < -0.4 is 5.32 Å². The smallest absolute Gasteiger partial charge is 0.258 e. The first kappa shape index (κ1) is 8.92. The highest BCUT2D eigenvalue weighted by molar-refractivity contribution is 6.31. The van der Waals surface area contributed by atoms with Crippen LogP contribution in [0.2, 0.25) is 5.02 Å². The van der Waals surface area contributed by atoms with Crippen molar-refractivity contribution in [2.45, 2.75) is 18.3 Å². The van der Waals surface area contributed by atoms with Gasteiger partial charge in [-0.25, -0.2) is 0 Å². The van der Waals surface area contributed by atoms with Gasteiger partial charge in [0.2, 0.25) is 5.91 Å². The van der Waals surface area contributed by atoms with Crippen molar-refractivity contribution in [1.29, 1.82) is 0 Å². The molecule has 0 unspecified atom stereocenters. The van der Waals surface area contributed by atoms with Gasteiger partial charge in [-0.05, 0) is 30.5 Å². The number of carbonyl (C=O) groups is 2. The van der Waals surface area contributed by atoms with E-state index in [-0.39, 0.29) is 11.8 Å². The molecule has 1 fully saturated rings. The van der Waals surface area contributed by atoms with E-state index in [2.05, 4.69) is 5.32 Å². The van der Waals surface area contributed by atoms with Crippen molar-refractivity contribution in [3.63, 3.8) is 0 Å². The summed E-state index contributed by atoms with van der Waals surface area (Å²) in [5.74, 6) is -0.502. The normalized spacial score (nSPS) is 21.1. The molecule has 1 aliphatic carbocycles. The van der Waals surface area contributed by atoms with Crippen molar-refractivity contribution >= 4 is 23.4 Å². The third-order valence-corrected chi connectivity index (χ3v) is 3.39. The fourth-order valence-electron chi connectivity index (χ4n) is 2.16. The minimum absolute atomic E-state index is 0.165. The van der Waals surface area contributed by atoms with Crippen molar-refractivity contribution < 1.29 is 9.59 Å². The van der Waals surface area contributed by atoms with E-state index >= 15 is 0 Å². The average molecular weight is 222 g/mol. The van der Waals surface area contributed by atoms with E-state index < -0.39 is 5.41 Å². The predicted molar refractivity (Wildman–Crippen MR) is 54.8 cm³/mol. The summed E-state index contributed by atoms with van der Waals surface area (Å²) in [6.07, 6.45) is 1.64. The third kappa shape index (κ3) is 1.07. The van der Waals surface area contributed by atoms with Crippen LogP contribution in [0.3, 0.4) is 0 Å². The highest BCUT2D eigenvalue weighted by atomic mass is 35.5. The zero-order valence-electron chi connectivity index (χ0n) is 7.84. The van der Waals surface area contributed by atoms with Gasteiger partial charge >= 0.3 is 0 Å². The number of nitrogens with one attached hydrogen (secondary N) is 1. The van der Waals surface area contributed by atoms with Crippen molar-refractivity contribution in [3.8, 4) is 0 Å². The first-order valence-electron chi connectivity index (χ1n) is 4.79. The molecule has 1 saturated carbocycles. The third-order valence-electron chi connectivity index (χ3n) is 3.15. The number of imide groups is 1. The van der Waals surface area contributed by atoms with Crippen LogP contribution >= 0.6 is 11.6 Å². The summed E-state index contributed by atoms with van der Waals surface area (Å²) in [4.78, 5) is 23.2. The second-order valence-electron chi connectivity index (χ2n) is 4.06. The molecule has 2 amide bonds. The molecule has 1 aliphatic heterocycles. The molecule has 3 rings (SSSR count). The molecule has 2 aliphatic rings. The molecule has 15 heavy (non-hydrogen) atoms. The van der Waals surface area contributed by atoms with Crippen LogP contribution in [0.5, 0.6) is 0 Å². The van der Waals surface area contributed by atoms with Crippen LogP contribution in [0.25, 0.3) is 0 Å². The second-order valence-corrected chi connectivity index (χ2v) is 4.49. The van der Waals surface area contributed by atoms with Gasteiger partial charge in [0.15, 0.2) is 0 Å². The zero-order chi connectivity index (χ0) is 10.6. The van der Waals surface area contributed by atoms with Crippen LogP contribution in [0.1, 0.15) is 28.8 Å². The van der Waals surface area contributed by atoms with Crippen molar-refractivity contribution in [1.82, 2.24) is 5.32 Å². The summed E-state index contributed by atoms with van der Waals surface area (Å²) < 4.78 is 0. The molecule has 1 aromatic carbocycles. The predicted octanol–water partition coefficient (Wildman–Crippen LogP) is 1.64. The summed E-state index contributed by atoms with van der Waals surface area (Å²) >= 11 is 5.83. The van der Waals surface area contributed by atoms with Gasteiger partial charge in [0.25, 0.3) is 5.91 Å². The molecular weight excluding hydrogens is 214 g/mol. The second kappa shape index (κ2) is 2.61. The van der Waals surface area contributed by atoms with Crippen molar-refractivity contribution in [2.75, 3.05) is 0 Å². The summed E-state index contributed by atoms with van der Waals surface area (Å²) in [5, 5.41) is 2.90. The molecule has 1 N–H and O–H groups in total. The summed E-state index contributed by atoms with van der Waals surface area (Å²) in [6, 6.07) is 5.15. The zero-order valence-corrected chi connectivity index (χ0v) is 8.60. The Hall–Kier alpha value is -1.35. The van der Waals surface area contributed by atoms with Gasteiger partial charge in [0, 0.05) is 10.6 Å². The fraction of sp³-hybridized carbons (Fsp3) is 0.273. The molecular formula is C11H8ClNO2. The number of carbonyl (C=O) groups excluding carboxylic acids is 2. The van der Waals surface area contributed by atoms with E-state index in [1.165, 1.54) is 0 Å². The highest BCUT2D eigenvalue weighted by Gasteiger charge is 2.55. The Balaban J connectivity index is 2.26. The fourth-order valence-corrected chi connectivity index (χ4v) is 2.33. The molecule has 4 heteroatoms. The standard InChI is InChI=1S/C11H8ClNO2/c12-6-1-2-8-7(5-6)9(14)13-10(15)11(8)3-4-11/h1-2,5H,3-4H2,(H,13,14,15). The van der Waals surface area contributed by atoms with Gasteiger partial charge in [0.05, 0.1) is 5.41 Å². The lowest BCUT2D eigenvalue weighted by Crippen LogP contribution is -2.44. The molecule has 0 radical (unpaired) electrons. The lowest BCUT2D eigenvalue weighted by molar-refractivity contribution is -0.122. The maximum atomic E-state index is 11.7. The monoisotopic (exact) mass is 221 g/mol. The Morgan fingerprint density at radius 3 is 2.67 bits per heavy atom. The molecule has 76 valence electrons. The van der Waals surface area contributed by atoms with E-state index in [1.54, 1.807) is 18.2 Å². The Labute approximate surface area is 91.4 Å². The Morgan fingerprint density at radius 2 is 2.00 bits per heavy atom. The largest absolute Gasteiger partial charge is 0.292 e. The van der Waals surface area contributed by atoms with Crippen LogP contribution in [0.4, 0.5) is 0 Å². The van der Waals surface area contributed by atoms with Crippen LogP contribution in [-0.2, 0) is 10.2 Å². The number of fused-ring (bicyclic) bond motifs is 2. The van der Waals surface area contributed by atoms with E-state index in [4.69, 9.17) is 11.6 Å². The van der Waals surface area contributed by atoms with Gasteiger partial charge in [0.1, 0.15) is 0 Å². The van der Waals surface area contributed by atoms with Gasteiger partial charge in [-0.2, -0.15) is 0 Å². The van der Waals surface area contributed by atoms with Crippen LogP contribution in [0.15, 0.2) is 18.2 Å². The molecule has 0 atom stereocenters. The molecule has 1 spiro atoms. The number of halogens is 1. The number of hydrogen-bond donors (Lipinski definition) is 1. The first-order chi connectivity index (χ1) is 7.13. The van der Waals surface area contributed by atoms with E-state index in [1.807, 2.05) is 0 Å². The maximum absolute atomic E-state index is 11.7. The van der Waals surface area contributed by atoms with Gasteiger partial charge in [-0.3, -0.25) is 14.9 Å². The lowest BCUT2D eigenvalue weighted by atomic mass is 9.87. The van der Waals surface area contributed by atoms with Gasteiger partial charge in [-0.1, -0.05) is 17.7 Å². The number of amides is 2. The van der Waals surface area contributed by atoms with Crippen molar-refractivity contribution in [3.05, 3.63) is 34.3 Å². The average Bonchev–Trinajstić information content (AvgIpc) is 2.96. The molecule has 3 nitrogen and oxygen atoms in total. The molecule has 1 aromatic rings. The van der Waals surface area contributed by atoms with Crippen LogP contribution in [-0.4, -0.2) is 11.8 Å². The van der Waals surface area contributed by atoms with Crippen LogP contribution in [0, 0.1) is 0 Å². The molecule has 0 bridgehead atoms. The Kier molecular flexibility index (Phi) is 1.55. The summed E-state index contributed by atoms with van der Waals surface area (Å²) in [6.45, 7) is 0. The quantitative estimate of drug-likeness (QED) is 0.677. The molecule has 1 heterocycles. The highest BCUT2D eigenvalue weighted by Crippen LogP contribution is 2.51. The minimum atomic E-state index is -0.437. The number of benzene rings is 1. The Bertz CT molecular complexity index is 491. The minimum Gasteiger partial charge on any atom is -0.292 e. The lowest BCUT2D eigenvalue weighted by Gasteiger charge is -2.23. The van der Waals surface area contributed by atoms with E-state index in [0.717, 1.165) is 18.4 Å². The number of rotatable bonds is 0. The molecule has 0 aromatic heterocycles. The van der Waals surface area contributed by atoms with Gasteiger partial charge in [-0.15, -0.1) is 0 Å². The van der Waals surface area contributed by atoms with E-state index in [0.29, 0.717) is 10.6 Å². The first-order valence-corrected chi connectivity index (χ1v) is 5.17. The van der Waals surface area contributed by atoms with Gasteiger partial charge < -0.3 is 0 Å². The van der Waals surface area contributed by atoms with E-state index in [9.17, 15) is 9.59 Å². The van der Waals surface area contributed by atoms with Crippen molar-refractivity contribution in [2.24, 2.45) is 0 Å².